The Hall–Kier alpha value is -1.39. The highest BCUT2D eigenvalue weighted by atomic mass is 16.5. The summed E-state index contributed by atoms with van der Waals surface area (Å²) in [5.74, 6) is 0.174. The molecule has 0 radical (unpaired) electrons. The lowest BCUT2D eigenvalue weighted by Crippen LogP contribution is -2.20. The molecule has 1 aromatic carbocycles. The molecule has 0 amide bonds. The number of hydrogen-bond donors (Lipinski definition) is 2. The van der Waals surface area contributed by atoms with E-state index >= 15 is 0 Å². The maximum Gasteiger partial charge on any atom is 0.338 e. The maximum absolute atomic E-state index is 11.9. The van der Waals surface area contributed by atoms with E-state index in [1.54, 1.807) is 24.3 Å². The largest absolute Gasteiger partial charge is 0.462 e. The third kappa shape index (κ3) is 5.31. The molecule has 1 unspecified atom stereocenters. The Morgan fingerprint density at radius 2 is 1.85 bits per heavy atom. The molecule has 0 fully saturated rings. The zero-order valence-electron chi connectivity index (χ0n) is 12.5. The first kappa shape index (κ1) is 16.7. The zero-order chi connectivity index (χ0) is 15.0. The van der Waals surface area contributed by atoms with Crippen LogP contribution in [0, 0.1) is 5.92 Å². The van der Waals surface area contributed by atoms with Gasteiger partial charge in [-0.2, -0.15) is 0 Å². The van der Waals surface area contributed by atoms with Gasteiger partial charge in [0.2, 0.25) is 0 Å². The van der Waals surface area contributed by atoms with Crippen molar-refractivity contribution in [2.45, 2.75) is 45.7 Å². The number of hydrogen-bond acceptors (Lipinski definition) is 4. The van der Waals surface area contributed by atoms with Crippen LogP contribution in [-0.2, 0) is 4.74 Å². The summed E-state index contributed by atoms with van der Waals surface area (Å²) in [5, 5.41) is 0. The average Bonchev–Trinajstić information content (AvgIpc) is 2.47. The van der Waals surface area contributed by atoms with Crippen LogP contribution in [0.1, 0.15) is 61.6 Å². The molecule has 112 valence electrons. The van der Waals surface area contributed by atoms with Crippen LogP contribution in [0.25, 0.3) is 0 Å². The van der Waals surface area contributed by atoms with E-state index in [4.69, 9.17) is 16.2 Å². The first-order chi connectivity index (χ1) is 9.58. The fraction of sp³-hybridized carbons (Fsp3) is 0.562. The summed E-state index contributed by atoms with van der Waals surface area (Å²) in [5.41, 5.74) is 12.5. The van der Waals surface area contributed by atoms with Crippen LogP contribution in [0.3, 0.4) is 0 Å². The molecule has 0 saturated heterocycles. The molecule has 0 heterocycles. The Morgan fingerprint density at radius 1 is 1.20 bits per heavy atom. The van der Waals surface area contributed by atoms with Gasteiger partial charge in [0.05, 0.1) is 18.3 Å². The van der Waals surface area contributed by atoms with Crippen molar-refractivity contribution in [3.63, 3.8) is 0 Å². The number of carbonyl (C=O) groups is 1. The number of rotatable bonds is 8. The van der Waals surface area contributed by atoms with Crippen molar-refractivity contribution in [3.05, 3.63) is 35.4 Å². The van der Waals surface area contributed by atoms with Crippen molar-refractivity contribution in [3.8, 4) is 0 Å². The minimum atomic E-state index is -0.515. The van der Waals surface area contributed by atoms with E-state index in [-0.39, 0.29) is 5.97 Å². The van der Waals surface area contributed by atoms with Crippen molar-refractivity contribution >= 4 is 5.97 Å². The van der Waals surface area contributed by atoms with Gasteiger partial charge in [-0.15, -0.1) is 0 Å². The Bertz CT molecular complexity index is 401. The van der Waals surface area contributed by atoms with E-state index in [2.05, 4.69) is 13.8 Å². The van der Waals surface area contributed by atoms with E-state index in [0.29, 0.717) is 18.1 Å². The van der Waals surface area contributed by atoms with E-state index in [0.717, 1.165) is 18.4 Å². The quantitative estimate of drug-likeness (QED) is 0.566. The molecular formula is C16H26N2O2. The lowest BCUT2D eigenvalue weighted by Gasteiger charge is -2.14. The van der Waals surface area contributed by atoms with Gasteiger partial charge in [0.15, 0.2) is 0 Å². The number of benzene rings is 1. The highest BCUT2D eigenvalue weighted by Crippen LogP contribution is 2.14. The van der Waals surface area contributed by atoms with Gasteiger partial charge in [-0.25, -0.2) is 4.79 Å². The number of esters is 1. The molecule has 0 aromatic heterocycles. The summed E-state index contributed by atoms with van der Waals surface area (Å²) >= 11 is 0. The SMILES string of the molecule is CCCCC(CC)COC(=O)c1ccc(C(N)N)cc1. The van der Waals surface area contributed by atoms with E-state index in [1.165, 1.54) is 12.8 Å². The van der Waals surface area contributed by atoms with E-state index in [9.17, 15) is 4.79 Å². The zero-order valence-corrected chi connectivity index (χ0v) is 12.5. The molecule has 20 heavy (non-hydrogen) atoms. The molecule has 0 bridgehead atoms. The lowest BCUT2D eigenvalue weighted by molar-refractivity contribution is 0.0428. The van der Waals surface area contributed by atoms with Gasteiger partial charge < -0.3 is 16.2 Å². The van der Waals surface area contributed by atoms with Gasteiger partial charge in [-0.3, -0.25) is 0 Å². The van der Waals surface area contributed by atoms with Crippen molar-refractivity contribution < 1.29 is 9.53 Å². The van der Waals surface area contributed by atoms with Crippen molar-refractivity contribution in [1.82, 2.24) is 0 Å². The summed E-state index contributed by atoms with van der Waals surface area (Å²) in [4.78, 5) is 11.9. The molecular weight excluding hydrogens is 252 g/mol. The predicted octanol–water partition coefficient (Wildman–Crippen LogP) is 2.98. The maximum atomic E-state index is 11.9. The number of ether oxygens (including phenoxy) is 1. The molecule has 0 aliphatic carbocycles. The predicted molar refractivity (Wildman–Crippen MR) is 81.1 cm³/mol. The second kappa shape index (κ2) is 8.72. The minimum absolute atomic E-state index is 0.280. The van der Waals surface area contributed by atoms with E-state index < -0.39 is 6.17 Å². The van der Waals surface area contributed by atoms with Crippen molar-refractivity contribution in [2.24, 2.45) is 17.4 Å². The molecule has 1 rings (SSSR count). The topological polar surface area (TPSA) is 78.3 Å². The Morgan fingerprint density at radius 3 is 2.35 bits per heavy atom. The number of carbonyl (C=O) groups excluding carboxylic acids is 1. The molecule has 0 spiro atoms. The summed E-state index contributed by atoms with van der Waals surface area (Å²) in [7, 11) is 0. The van der Waals surface area contributed by atoms with Gasteiger partial charge >= 0.3 is 5.97 Å². The summed E-state index contributed by atoms with van der Waals surface area (Å²) < 4.78 is 5.38. The Labute approximate surface area is 121 Å². The third-order valence-corrected chi connectivity index (χ3v) is 3.52. The molecule has 4 heteroatoms. The second-order valence-corrected chi connectivity index (χ2v) is 5.16. The molecule has 0 aliphatic heterocycles. The first-order valence-corrected chi connectivity index (χ1v) is 7.36. The average molecular weight is 278 g/mol. The van der Waals surface area contributed by atoms with Crippen LogP contribution >= 0.6 is 0 Å². The summed E-state index contributed by atoms with van der Waals surface area (Å²) in [6, 6.07) is 6.93. The first-order valence-electron chi connectivity index (χ1n) is 7.36. The second-order valence-electron chi connectivity index (χ2n) is 5.16. The Kier molecular flexibility index (Phi) is 7.26. The highest BCUT2D eigenvalue weighted by molar-refractivity contribution is 5.89. The molecule has 4 nitrogen and oxygen atoms in total. The Balaban J connectivity index is 2.49. The highest BCUT2D eigenvalue weighted by Gasteiger charge is 2.12. The molecule has 1 aromatic rings. The van der Waals surface area contributed by atoms with Crippen LogP contribution < -0.4 is 11.5 Å². The van der Waals surface area contributed by atoms with E-state index in [1.807, 2.05) is 0 Å². The van der Waals surface area contributed by atoms with Crippen LogP contribution in [0.5, 0.6) is 0 Å². The normalized spacial score (nSPS) is 12.4. The van der Waals surface area contributed by atoms with Crippen molar-refractivity contribution in [2.75, 3.05) is 6.61 Å². The lowest BCUT2D eigenvalue weighted by atomic mass is 10.0. The smallest absolute Gasteiger partial charge is 0.338 e. The fourth-order valence-corrected chi connectivity index (χ4v) is 2.02. The van der Waals surface area contributed by atoms with Gasteiger partial charge in [-0.05, 0) is 30.0 Å². The van der Waals surface area contributed by atoms with Crippen LogP contribution in [0.2, 0.25) is 0 Å². The van der Waals surface area contributed by atoms with Crippen LogP contribution in [-0.4, -0.2) is 12.6 Å². The summed E-state index contributed by atoms with van der Waals surface area (Å²) in [6.45, 7) is 4.79. The van der Waals surface area contributed by atoms with Crippen molar-refractivity contribution in [1.29, 1.82) is 0 Å². The minimum Gasteiger partial charge on any atom is -0.462 e. The molecule has 1 atom stereocenters. The number of unbranched alkanes of at least 4 members (excludes halogenated alkanes) is 1. The van der Waals surface area contributed by atoms with Gasteiger partial charge in [0, 0.05) is 0 Å². The standard InChI is InChI=1S/C16H26N2O2/c1-3-5-6-12(4-2)11-20-16(19)14-9-7-13(8-10-14)15(17)18/h7-10,12,15H,3-6,11,17-18H2,1-2H3. The van der Waals surface area contributed by atoms with Crippen LogP contribution in [0.4, 0.5) is 0 Å². The summed E-state index contributed by atoms with van der Waals surface area (Å²) in [6.07, 6.45) is 3.98. The number of nitrogens with two attached hydrogens (primary N) is 2. The molecule has 4 N–H and O–H groups in total. The van der Waals surface area contributed by atoms with Gasteiger partial charge in [0.25, 0.3) is 0 Å². The molecule has 0 saturated carbocycles. The van der Waals surface area contributed by atoms with Gasteiger partial charge in [-0.1, -0.05) is 45.2 Å². The van der Waals surface area contributed by atoms with Gasteiger partial charge in [0.1, 0.15) is 0 Å². The fourth-order valence-electron chi connectivity index (χ4n) is 2.02. The molecule has 0 aliphatic rings. The third-order valence-electron chi connectivity index (χ3n) is 3.52. The monoisotopic (exact) mass is 278 g/mol. The van der Waals surface area contributed by atoms with Crippen LogP contribution in [0.15, 0.2) is 24.3 Å².